The Morgan fingerprint density at radius 3 is 2.37 bits per heavy atom. The molecule has 1 atom stereocenters. The Kier molecular flexibility index (Phi) is 4.58. The van der Waals surface area contributed by atoms with Crippen molar-refractivity contribution in [2.75, 3.05) is 6.61 Å². The molecule has 2 aromatic rings. The number of hydrogen-bond acceptors (Lipinski definition) is 2. The molecular weight excluding hydrogens is 234 g/mol. The quantitative estimate of drug-likeness (QED) is 0.870. The van der Waals surface area contributed by atoms with E-state index >= 15 is 0 Å². The third-order valence-corrected chi connectivity index (χ3v) is 3.23. The zero-order valence-corrected chi connectivity index (χ0v) is 11.6. The normalized spacial score (nSPS) is 12.2. The first-order chi connectivity index (χ1) is 9.24. The smallest absolute Gasteiger partial charge is 0.119 e. The van der Waals surface area contributed by atoms with Crippen molar-refractivity contribution >= 4 is 0 Å². The van der Waals surface area contributed by atoms with E-state index in [2.05, 4.69) is 43.3 Å². The van der Waals surface area contributed by atoms with Crippen molar-refractivity contribution in [1.29, 1.82) is 0 Å². The molecule has 0 aliphatic carbocycles. The van der Waals surface area contributed by atoms with Crippen LogP contribution < -0.4 is 10.5 Å². The van der Waals surface area contributed by atoms with E-state index in [1.807, 2.05) is 19.1 Å². The van der Waals surface area contributed by atoms with Crippen molar-refractivity contribution < 1.29 is 4.74 Å². The summed E-state index contributed by atoms with van der Waals surface area (Å²) in [5.74, 6) is 0.908. The van der Waals surface area contributed by atoms with Gasteiger partial charge in [0, 0.05) is 6.04 Å². The summed E-state index contributed by atoms with van der Waals surface area (Å²) in [5, 5.41) is 0. The van der Waals surface area contributed by atoms with Crippen molar-refractivity contribution in [2.24, 2.45) is 5.73 Å². The van der Waals surface area contributed by atoms with E-state index in [0.717, 1.165) is 17.7 Å². The molecule has 0 heterocycles. The molecule has 2 aromatic carbocycles. The van der Waals surface area contributed by atoms with Crippen LogP contribution in [0.25, 0.3) is 11.1 Å². The zero-order valence-electron chi connectivity index (χ0n) is 11.6. The Balaban J connectivity index is 2.33. The Hall–Kier alpha value is -1.80. The Morgan fingerprint density at radius 2 is 1.68 bits per heavy atom. The summed E-state index contributed by atoms with van der Waals surface area (Å²) in [4.78, 5) is 0. The molecule has 1 unspecified atom stereocenters. The maximum atomic E-state index is 6.09. The number of ether oxygens (including phenoxy) is 1. The Bertz CT molecular complexity index is 536. The Morgan fingerprint density at radius 1 is 1.00 bits per heavy atom. The monoisotopic (exact) mass is 255 g/mol. The van der Waals surface area contributed by atoms with Crippen LogP contribution >= 0.6 is 0 Å². The minimum Gasteiger partial charge on any atom is -0.494 e. The molecule has 100 valence electrons. The number of nitrogens with two attached hydrogens (primary N) is 1. The zero-order chi connectivity index (χ0) is 13.7. The molecule has 2 rings (SSSR count). The predicted molar refractivity (Wildman–Crippen MR) is 80.3 cm³/mol. The summed E-state index contributed by atoms with van der Waals surface area (Å²) < 4.78 is 5.54. The highest BCUT2D eigenvalue weighted by Gasteiger charge is 2.05. The summed E-state index contributed by atoms with van der Waals surface area (Å²) >= 11 is 0. The van der Waals surface area contributed by atoms with Crippen LogP contribution in [0, 0.1) is 0 Å². The summed E-state index contributed by atoms with van der Waals surface area (Å²) in [5.41, 5.74) is 9.62. The van der Waals surface area contributed by atoms with Gasteiger partial charge in [0.05, 0.1) is 6.61 Å². The first-order valence-corrected chi connectivity index (χ1v) is 6.83. The van der Waals surface area contributed by atoms with Crippen molar-refractivity contribution in [1.82, 2.24) is 0 Å². The van der Waals surface area contributed by atoms with Gasteiger partial charge in [-0.25, -0.2) is 0 Å². The fraction of sp³-hybridized carbons (Fsp3) is 0.294. The minimum absolute atomic E-state index is 0.107. The van der Waals surface area contributed by atoms with Gasteiger partial charge in [0.25, 0.3) is 0 Å². The highest BCUT2D eigenvalue weighted by Crippen LogP contribution is 2.26. The first-order valence-electron chi connectivity index (χ1n) is 6.83. The van der Waals surface area contributed by atoms with Gasteiger partial charge in [-0.1, -0.05) is 37.3 Å². The third-order valence-electron chi connectivity index (χ3n) is 3.23. The van der Waals surface area contributed by atoms with Crippen LogP contribution in [0.15, 0.2) is 48.5 Å². The van der Waals surface area contributed by atoms with Crippen molar-refractivity contribution in [3.8, 4) is 16.9 Å². The number of rotatable bonds is 5. The molecule has 0 aliphatic rings. The number of hydrogen-bond donors (Lipinski definition) is 1. The largest absolute Gasteiger partial charge is 0.494 e. The molecule has 2 heteroatoms. The molecule has 0 amide bonds. The molecule has 2 N–H and O–H groups in total. The second kappa shape index (κ2) is 6.39. The van der Waals surface area contributed by atoms with E-state index in [0.29, 0.717) is 6.61 Å². The molecule has 0 radical (unpaired) electrons. The molecule has 0 fully saturated rings. The fourth-order valence-electron chi connectivity index (χ4n) is 2.12. The van der Waals surface area contributed by atoms with Gasteiger partial charge in [-0.15, -0.1) is 0 Å². The lowest BCUT2D eigenvalue weighted by Crippen LogP contribution is -2.08. The highest BCUT2D eigenvalue weighted by molar-refractivity contribution is 5.65. The van der Waals surface area contributed by atoms with E-state index in [4.69, 9.17) is 10.5 Å². The molecule has 19 heavy (non-hydrogen) atoms. The maximum absolute atomic E-state index is 6.09. The summed E-state index contributed by atoms with van der Waals surface area (Å²) in [6, 6.07) is 16.7. The predicted octanol–water partition coefficient (Wildman–Crippen LogP) is 4.16. The standard InChI is InChI=1S/C17H21NO/c1-3-17(18)15-9-5-7-13(11-15)14-8-6-10-16(12-14)19-4-2/h5-12,17H,3-4,18H2,1-2H3. The van der Waals surface area contributed by atoms with Gasteiger partial charge in [0.1, 0.15) is 5.75 Å². The molecule has 0 spiro atoms. The third kappa shape index (κ3) is 3.36. The topological polar surface area (TPSA) is 35.2 Å². The van der Waals surface area contributed by atoms with E-state index < -0.39 is 0 Å². The average molecular weight is 255 g/mol. The fourth-order valence-corrected chi connectivity index (χ4v) is 2.12. The van der Waals surface area contributed by atoms with Crippen LogP contribution in [0.4, 0.5) is 0 Å². The van der Waals surface area contributed by atoms with Crippen molar-refractivity contribution in [3.63, 3.8) is 0 Å². The van der Waals surface area contributed by atoms with Crippen LogP contribution in [-0.4, -0.2) is 6.61 Å². The summed E-state index contributed by atoms with van der Waals surface area (Å²) in [7, 11) is 0. The minimum atomic E-state index is 0.107. The van der Waals surface area contributed by atoms with Crippen molar-refractivity contribution in [2.45, 2.75) is 26.3 Å². The van der Waals surface area contributed by atoms with E-state index in [1.165, 1.54) is 11.1 Å². The van der Waals surface area contributed by atoms with Crippen LogP contribution in [0.5, 0.6) is 5.75 Å². The molecule has 0 saturated heterocycles. The first kappa shape index (κ1) is 13.6. The van der Waals surface area contributed by atoms with Crippen molar-refractivity contribution in [3.05, 3.63) is 54.1 Å². The summed E-state index contributed by atoms with van der Waals surface area (Å²) in [6.07, 6.45) is 0.947. The molecule has 0 saturated carbocycles. The van der Waals surface area contributed by atoms with Crippen LogP contribution in [0.2, 0.25) is 0 Å². The van der Waals surface area contributed by atoms with E-state index in [-0.39, 0.29) is 6.04 Å². The lowest BCUT2D eigenvalue weighted by Gasteiger charge is -2.12. The molecular formula is C17H21NO. The van der Waals surface area contributed by atoms with Crippen LogP contribution in [-0.2, 0) is 0 Å². The molecule has 0 aromatic heterocycles. The lowest BCUT2D eigenvalue weighted by atomic mass is 9.99. The molecule has 0 bridgehead atoms. The second-order valence-corrected chi connectivity index (χ2v) is 4.60. The van der Waals surface area contributed by atoms with Gasteiger partial charge in [-0.3, -0.25) is 0 Å². The maximum Gasteiger partial charge on any atom is 0.119 e. The SMILES string of the molecule is CCOc1cccc(-c2cccc(C(N)CC)c2)c1. The number of benzene rings is 2. The molecule has 0 aliphatic heterocycles. The van der Waals surface area contributed by atoms with Gasteiger partial charge in [-0.05, 0) is 48.2 Å². The van der Waals surface area contributed by atoms with Gasteiger partial charge >= 0.3 is 0 Å². The van der Waals surface area contributed by atoms with Gasteiger partial charge < -0.3 is 10.5 Å². The van der Waals surface area contributed by atoms with Crippen LogP contribution in [0.1, 0.15) is 31.9 Å². The van der Waals surface area contributed by atoms with Gasteiger partial charge in [-0.2, -0.15) is 0 Å². The highest BCUT2D eigenvalue weighted by atomic mass is 16.5. The average Bonchev–Trinajstić information content (AvgIpc) is 2.47. The van der Waals surface area contributed by atoms with Gasteiger partial charge in [0.15, 0.2) is 0 Å². The lowest BCUT2D eigenvalue weighted by molar-refractivity contribution is 0.340. The molecule has 2 nitrogen and oxygen atoms in total. The summed E-state index contributed by atoms with van der Waals surface area (Å²) in [6.45, 7) is 4.78. The van der Waals surface area contributed by atoms with Crippen LogP contribution in [0.3, 0.4) is 0 Å². The Labute approximate surface area is 115 Å². The van der Waals surface area contributed by atoms with E-state index in [1.54, 1.807) is 0 Å². The van der Waals surface area contributed by atoms with Gasteiger partial charge in [0.2, 0.25) is 0 Å². The van der Waals surface area contributed by atoms with E-state index in [9.17, 15) is 0 Å². The second-order valence-electron chi connectivity index (χ2n) is 4.60.